The zero-order valence-electron chi connectivity index (χ0n) is 11.3. The molecule has 1 unspecified atom stereocenters. The molecule has 4 N–H and O–H groups in total. The Kier molecular flexibility index (Phi) is 5.13. The van der Waals surface area contributed by atoms with Gasteiger partial charge in [0, 0.05) is 11.5 Å². The molecule has 0 saturated carbocycles. The Labute approximate surface area is 103 Å². The van der Waals surface area contributed by atoms with Crippen LogP contribution in [0.5, 0.6) is 0 Å². The molecule has 0 aliphatic rings. The van der Waals surface area contributed by atoms with Crippen LogP contribution in [-0.4, -0.2) is 29.1 Å². The van der Waals surface area contributed by atoms with Crippen LogP contribution in [0.1, 0.15) is 41.0 Å². The maximum Gasteiger partial charge on any atom is 0.311 e. The molecule has 0 fully saturated rings. The van der Waals surface area contributed by atoms with Gasteiger partial charge in [-0.25, -0.2) is 0 Å². The number of carbonyl (C=O) groups excluding carboxylic acids is 1. The van der Waals surface area contributed by atoms with Gasteiger partial charge in [0.25, 0.3) is 0 Å². The summed E-state index contributed by atoms with van der Waals surface area (Å²) in [6.07, 6.45) is 0.593. The van der Waals surface area contributed by atoms with Gasteiger partial charge in [-0.2, -0.15) is 0 Å². The van der Waals surface area contributed by atoms with Gasteiger partial charge in [0.15, 0.2) is 0 Å². The minimum absolute atomic E-state index is 0.158. The second-order valence-electron chi connectivity index (χ2n) is 5.52. The Morgan fingerprint density at radius 2 is 1.76 bits per heavy atom. The van der Waals surface area contributed by atoms with Crippen LogP contribution in [0.3, 0.4) is 0 Å². The number of rotatable bonds is 6. The summed E-state index contributed by atoms with van der Waals surface area (Å²) in [6.45, 7) is 8.86. The largest absolute Gasteiger partial charge is 0.481 e. The molecule has 100 valence electrons. The lowest BCUT2D eigenvalue weighted by molar-refractivity contribution is -0.152. The fraction of sp³-hybridized carbons (Fsp3) is 0.833. The maximum absolute atomic E-state index is 11.9. The van der Waals surface area contributed by atoms with Gasteiger partial charge in [-0.05, 0) is 40.7 Å². The van der Waals surface area contributed by atoms with Crippen LogP contribution in [0.15, 0.2) is 0 Å². The Morgan fingerprint density at radius 3 is 2.12 bits per heavy atom. The third-order valence-corrected chi connectivity index (χ3v) is 3.58. The van der Waals surface area contributed by atoms with Crippen LogP contribution in [0.4, 0.5) is 0 Å². The number of hydrogen-bond acceptors (Lipinski definition) is 3. The Morgan fingerprint density at radius 1 is 1.29 bits per heavy atom. The molecule has 17 heavy (non-hydrogen) atoms. The fourth-order valence-corrected chi connectivity index (χ4v) is 1.24. The van der Waals surface area contributed by atoms with E-state index in [0.717, 1.165) is 0 Å². The molecule has 0 aliphatic heterocycles. The van der Waals surface area contributed by atoms with Crippen molar-refractivity contribution < 1.29 is 14.7 Å². The number of amides is 1. The summed E-state index contributed by atoms with van der Waals surface area (Å²) in [5.41, 5.74) is 3.53. The molecule has 5 nitrogen and oxygen atoms in total. The third-order valence-electron chi connectivity index (χ3n) is 3.58. The van der Waals surface area contributed by atoms with E-state index in [9.17, 15) is 9.59 Å². The number of nitrogens with two attached hydrogens (primary N) is 1. The van der Waals surface area contributed by atoms with E-state index in [2.05, 4.69) is 5.32 Å². The molecule has 0 aromatic heterocycles. The van der Waals surface area contributed by atoms with Gasteiger partial charge in [-0.1, -0.05) is 6.92 Å². The van der Waals surface area contributed by atoms with Crippen LogP contribution in [0.25, 0.3) is 0 Å². The van der Waals surface area contributed by atoms with E-state index in [4.69, 9.17) is 10.8 Å². The number of nitrogens with one attached hydrogen (secondary N) is 1. The van der Waals surface area contributed by atoms with Gasteiger partial charge < -0.3 is 16.2 Å². The predicted molar refractivity (Wildman–Crippen MR) is 66.5 cm³/mol. The first-order valence-electron chi connectivity index (χ1n) is 5.81. The van der Waals surface area contributed by atoms with Gasteiger partial charge in [0.05, 0.1) is 5.41 Å². The van der Waals surface area contributed by atoms with Crippen molar-refractivity contribution in [2.45, 2.75) is 46.6 Å². The normalized spacial score (nSPS) is 14.2. The molecule has 0 rings (SSSR count). The second kappa shape index (κ2) is 5.49. The van der Waals surface area contributed by atoms with Crippen molar-refractivity contribution in [2.75, 3.05) is 6.54 Å². The molecule has 1 amide bonds. The van der Waals surface area contributed by atoms with Gasteiger partial charge in [-0.3, -0.25) is 9.59 Å². The Bertz CT molecular complexity index is 298. The molecule has 0 spiro atoms. The molecule has 1 atom stereocenters. The number of hydrogen-bond donors (Lipinski definition) is 3. The van der Waals surface area contributed by atoms with Gasteiger partial charge in [-0.15, -0.1) is 0 Å². The minimum atomic E-state index is -1.04. The molecule has 0 aliphatic carbocycles. The van der Waals surface area contributed by atoms with E-state index in [1.807, 2.05) is 0 Å². The third kappa shape index (κ3) is 3.70. The van der Waals surface area contributed by atoms with Gasteiger partial charge >= 0.3 is 5.97 Å². The van der Waals surface area contributed by atoms with Crippen molar-refractivity contribution in [1.82, 2.24) is 5.32 Å². The lowest BCUT2D eigenvalue weighted by atomic mass is 9.74. The first kappa shape index (κ1) is 15.9. The second-order valence-corrected chi connectivity index (χ2v) is 5.52. The molecule has 5 heteroatoms. The first-order chi connectivity index (χ1) is 7.56. The lowest BCUT2D eigenvalue weighted by Crippen LogP contribution is -2.58. The Hall–Kier alpha value is -1.10. The average Bonchev–Trinajstić information content (AvgIpc) is 2.16. The molecular formula is C12H24N2O3. The smallest absolute Gasteiger partial charge is 0.311 e. The van der Waals surface area contributed by atoms with Crippen LogP contribution in [0.2, 0.25) is 0 Å². The molecule has 0 heterocycles. The highest BCUT2D eigenvalue weighted by molar-refractivity contribution is 5.81. The van der Waals surface area contributed by atoms with Crippen molar-refractivity contribution in [3.05, 3.63) is 0 Å². The van der Waals surface area contributed by atoms with E-state index in [0.29, 0.717) is 13.0 Å². The summed E-state index contributed by atoms with van der Waals surface area (Å²) < 4.78 is 0. The Balaban J connectivity index is 4.76. The fourth-order valence-electron chi connectivity index (χ4n) is 1.24. The zero-order valence-corrected chi connectivity index (χ0v) is 11.3. The standard InChI is InChI=1S/C12H24N2O3/c1-8(6-7-13)9(15)14-12(4,5)11(2,3)10(16)17/h8H,6-7,13H2,1-5H3,(H,14,15)(H,16,17). The van der Waals surface area contributed by atoms with Gasteiger partial charge in [0.1, 0.15) is 0 Å². The van der Waals surface area contributed by atoms with E-state index in [-0.39, 0.29) is 11.8 Å². The number of carboxylic acids is 1. The van der Waals surface area contributed by atoms with Crippen LogP contribution in [-0.2, 0) is 9.59 Å². The topological polar surface area (TPSA) is 92.4 Å². The number of carboxylic acid groups (broad SMARTS) is 1. The minimum Gasteiger partial charge on any atom is -0.481 e. The summed E-state index contributed by atoms with van der Waals surface area (Å²) in [6, 6.07) is 0. The average molecular weight is 244 g/mol. The predicted octanol–water partition coefficient (Wildman–Crippen LogP) is 0.977. The van der Waals surface area contributed by atoms with E-state index in [1.54, 1.807) is 34.6 Å². The summed E-state index contributed by atoms with van der Waals surface area (Å²) in [5.74, 6) is -1.30. The zero-order chi connectivity index (χ0) is 13.9. The van der Waals surface area contributed by atoms with Gasteiger partial charge in [0.2, 0.25) is 5.91 Å². The first-order valence-corrected chi connectivity index (χ1v) is 5.81. The van der Waals surface area contributed by atoms with Crippen molar-refractivity contribution in [3.8, 4) is 0 Å². The molecule has 0 saturated heterocycles. The maximum atomic E-state index is 11.9. The summed E-state index contributed by atoms with van der Waals surface area (Å²) in [4.78, 5) is 23.0. The summed E-state index contributed by atoms with van der Waals surface area (Å²) >= 11 is 0. The monoisotopic (exact) mass is 244 g/mol. The van der Waals surface area contributed by atoms with Crippen molar-refractivity contribution in [3.63, 3.8) is 0 Å². The molecule has 0 aromatic carbocycles. The molecule has 0 aromatic rings. The van der Waals surface area contributed by atoms with E-state index < -0.39 is 16.9 Å². The highest BCUT2D eigenvalue weighted by Gasteiger charge is 2.44. The van der Waals surface area contributed by atoms with Crippen molar-refractivity contribution in [1.29, 1.82) is 0 Å². The van der Waals surface area contributed by atoms with Crippen LogP contribution < -0.4 is 11.1 Å². The molecule has 0 bridgehead atoms. The van der Waals surface area contributed by atoms with Crippen LogP contribution in [0, 0.1) is 11.3 Å². The SMILES string of the molecule is CC(CCN)C(=O)NC(C)(C)C(C)(C)C(=O)O. The molecular weight excluding hydrogens is 220 g/mol. The highest BCUT2D eigenvalue weighted by atomic mass is 16.4. The van der Waals surface area contributed by atoms with Crippen molar-refractivity contribution >= 4 is 11.9 Å². The summed E-state index contributed by atoms with van der Waals surface area (Å²) in [7, 11) is 0. The number of aliphatic carboxylic acids is 1. The quantitative estimate of drug-likeness (QED) is 0.649. The van der Waals surface area contributed by atoms with Crippen LogP contribution >= 0.6 is 0 Å². The number of carbonyl (C=O) groups is 2. The summed E-state index contributed by atoms with van der Waals surface area (Å²) in [5, 5.41) is 11.9. The lowest BCUT2D eigenvalue weighted by Gasteiger charge is -2.39. The van der Waals surface area contributed by atoms with E-state index in [1.165, 1.54) is 0 Å². The highest BCUT2D eigenvalue weighted by Crippen LogP contribution is 2.31. The molecule has 0 radical (unpaired) electrons. The van der Waals surface area contributed by atoms with Crippen molar-refractivity contribution in [2.24, 2.45) is 17.1 Å². The van der Waals surface area contributed by atoms with E-state index >= 15 is 0 Å².